The lowest BCUT2D eigenvalue weighted by atomic mass is 9.88. The fourth-order valence-corrected chi connectivity index (χ4v) is 4.08. The number of nitro benzene ring substituents is 1. The molecule has 1 amide bonds. The average Bonchev–Trinajstić information content (AvgIpc) is 2.99. The number of carbonyl (C=O) groups is 2. The summed E-state index contributed by atoms with van der Waals surface area (Å²) in [7, 11) is 0. The number of non-ortho nitro benzene ring substituents is 1. The molecule has 0 saturated heterocycles. The van der Waals surface area contributed by atoms with Gasteiger partial charge in [0.05, 0.1) is 17.0 Å². The van der Waals surface area contributed by atoms with Crippen molar-refractivity contribution in [2.45, 2.75) is 18.4 Å². The highest BCUT2D eigenvalue weighted by atomic mass is 35.5. The topological polar surface area (TPSA) is 101 Å². The molecule has 3 aromatic carbocycles. The summed E-state index contributed by atoms with van der Waals surface area (Å²) >= 11 is 6.13. The molecule has 162 valence electrons. The minimum Gasteiger partial charge on any atom is -0.375 e. The number of hydrogen-bond acceptors (Lipinski definition) is 5. The molecule has 0 fully saturated rings. The summed E-state index contributed by atoms with van der Waals surface area (Å²) in [6, 6.07) is 19.5. The predicted molar refractivity (Wildman–Crippen MR) is 120 cm³/mol. The molecule has 1 aliphatic heterocycles. The van der Waals surface area contributed by atoms with Crippen molar-refractivity contribution in [1.82, 2.24) is 0 Å². The number of carbonyl (C=O) groups excluding carboxylic acids is 2. The summed E-state index contributed by atoms with van der Waals surface area (Å²) in [5.41, 5.74) is -0.235. The van der Waals surface area contributed by atoms with Gasteiger partial charge in [0.25, 0.3) is 11.6 Å². The van der Waals surface area contributed by atoms with Crippen LogP contribution in [0.25, 0.3) is 0 Å². The fraction of sp³-hybridized carbons (Fsp3) is 0.167. The fourth-order valence-electron chi connectivity index (χ4n) is 3.90. The van der Waals surface area contributed by atoms with E-state index in [-0.39, 0.29) is 16.8 Å². The molecule has 1 heterocycles. The largest absolute Gasteiger partial charge is 0.375 e. The molecule has 3 aromatic rings. The lowest BCUT2D eigenvalue weighted by molar-refractivity contribution is -0.384. The first-order chi connectivity index (χ1) is 15.3. The van der Waals surface area contributed by atoms with E-state index >= 15 is 0 Å². The molecule has 7 nitrogen and oxygen atoms in total. The standard InChI is InChI=1S/C24H19ClN2O5/c25-18-8-11-21-20(14-18)24(30,15-22(28)17-6-9-19(10-7-17)27(31)32)23(29)26(21)13-12-16-4-2-1-3-5-16/h1-11,14,30H,12-13,15H2. The summed E-state index contributed by atoms with van der Waals surface area (Å²) in [4.78, 5) is 37.9. The number of ketones is 1. The van der Waals surface area contributed by atoms with Crippen LogP contribution in [0.1, 0.15) is 27.9 Å². The molecule has 1 atom stereocenters. The summed E-state index contributed by atoms with van der Waals surface area (Å²) in [6.07, 6.45) is 0.0693. The number of benzene rings is 3. The predicted octanol–water partition coefficient (Wildman–Crippen LogP) is 4.30. The van der Waals surface area contributed by atoms with E-state index in [1.54, 1.807) is 12.1 Å². The number of amides is 1. The third kappa shape index (κ3) is 4.00. The Balaban J connectivity index is 1.62. The van der Waals surface area contributed by atoms with Crippen molar-refractivity contribution < 1.29 is 19.6 Å². The maximum Gasteiger partial charge on any atom is 0.269 e. The number of nitro groups is 1. The number of fused-ring (bicyclic) bond motifs is 1. The Kier molecular flexibility index (Phi) is 5.78. The smallest absolute Gasteiger partial charge is 0.269 e. The first-order valence-electron chi connectivity index (χ1n) is 9.95. The SMILES string of the molecule is O=C(CC1(O)C(=O)N(CCc2ccccc2)c2ccc(Cl)cc21)c1ccc([N+](=O)[O-])cc1. The summed E-state index contributed by atoms with van der Waals surface area (Å²) in [5.74, 6) is -1.10. The van der Waals surface area contributed by atoms with Crippen LogP contribution in [-0.4, -0.2) is 28.3 Å². The van der Waals surface area contributed by atoms with E-state index in [2.05, 4.69) is 0 Å². The third-order valence-electron chi connectivity index (χ3n) is 5.58. The number of nitrogens with zero attached hydrogens (tertiary/aromatic N) is 2. The quantitative estimate of drug-likeness (QED) is 0.328. The first-order valence-corrected chi connectivity index (χ1v) is 10.3. The Morgan fingerprint density at radius 1 is 1.06 bits per heavy atom. The van der Waals surface area contributed by atoms with Gasteiger partial charge in [-0.05, 0) is 42.3 Å². The molecule has 0 spiro atoms. The average molecular weight is 451 g/mol. The van der Waals surface area contributed by atoms with E-state index in [1.807, 2.05) is 30.3 Å². The van der Waals surface area contributed by atoms with Crippen LogP contribution in [0.4, 0.5) is 11.4 Å². The molecule has 4 rings (SSSR count). The molecule has 1 N–H and O–H groups in total. The van der Waals surface area contributed by atoms with Crippen LogP contribution in [0, 0.1) is 10.1 Å². The number of aliphatic hydroxyl groups is 1. The first kappa shape index (κ1) is 21.7. The van der Waals surface area contributed by atoms with Crippen molar-refractivity contribution >= 4 is 34.7 Å². The minimum atomic E-state index is -2.07. The van der Waals surface area contributed by atoms with Crippen LogP contribution in [0.2, 0.25) is 5.02 Å². The molecule has 0 aromatic heterocycles. The highest BCUT2D eigenvalue weighted by molar-refractivity contribution is 6.31. The molecule has 1 aliphatic rings. The molecule has 32 heavy (non-hydrogen) atoms. The lowest BCUT2D eigenvalue weighted by Crippen LogP contribution is -2.42. The van der Waals surface area contributed by atoms with E-state index in [0.717, 1.165) is 5.56 Å². The monoisotopic (exact) mass is 450 g/mol. The van der Waals surface area contributed by atoms with Crippen molar-refractivity contribution in [3.63, 3.8) is 0 Å². The van der Waals surface area contributed by atoms with Gasteiger partial charge in [-0.1, -0.05) is 41.9 Å². The highest BCUT2D eigenvalue weighted by Gasteiger charge is 2.50. The normalized spacial score (nSPS) is 17.3. The van der Waals surface area contributed by atoms with Gasteiger partial charge >= 0.3 is 0 Å². The Labute approximate surface area is 189 Å². The highest BCUT2D eigenvalue weighted by Crippen LogP contribution is 2.44. The van der Waals surface area contributed by atoms with Gasteiger partial charge < -0.3 is 10.0 Å². The maximum atomic E-state index is 13.3. The summed E-state index contributed by atoms with van der Waals surface area (Å²) in [5, 5.41) is 22.6. The molecule has 0 radical (unpaired) electrons. The van der Waals surface area contributed by atoms with E-state index in [4.69, 9.17) is 11.6 Å². The van der Waals surface area contributed by atoms with Gasteiger partial charge in [0.1, 0.15) is 0 Å². The number of hydrogen-bond donors (Lipinski definition) is 1. The molecule has 0 saturated carbocycles. The van der Waals surface area contributed by atoms with Crippen LogP contribution in [-0.2, 0) is 16.8 Å². The second-order valence-electron chi connectivity index (χ2n) is 7.62. The van der Waals surface area contributed by atoms with E-state index < -0.39 is 28.6 Å². The van der Waals surface area contributed by atoms with Gasteiger partial charge in [0.15, 0.2) is 11.4 Å². The number of Topliss-reactive ketones (excluding diaryl/α,β-unsaturated/α-hetero) is 1. The Hall–Kier alpha value is -3.55. The van der Waals surface area contributed by atoms with Crippen LogP contribution < -0.4 is 4.90 Å². The van der Waals surface area contributed by atoms with E-state index in [9.17, 15) is 24.8 Å². The molecular weight excluding hydrogens is 432 g/mol. The Bertz CT molecular complexity index is 1200. The molecule has 0 aliphatic carbocycles. The van der Waals surface area contributed by atoms with Gasteiger partial charge in [-0.3, -0.25) is 19.7 Å². The van der Waals surface area contributed by atoms with E-state index in [0.29, 0.717) is 23.7 Å². The van der Waals surface area contributed by atoms with Crippen molar-refractivity contribution in [2.24, 2.45) is 0 Å². The van der Waals surface area contributed by atoms with Gasteiger partial charge in [-0.25, -0.2) is 0 Å². The van der Waals surface area contributed by atoms with Gasteiger partial charge in [0, 0.05) is 34.8 Å². The molecule has 0 bridgehead atoms. The van der Waals surface area contributed by atoms with E-state index in [1.165, 1.54) is 35.2 Å². The zero-order chi connectivity index (χ0) is 22.9. The summed E-state index contributed by atoms with van der Waals surface area (Å²) in [6.45, 7) is 0.325. The van der Waals surface area contributed by atoms with Gasteiger partial charge in [0.2, 0.25) is 0 Å². The van der Waals surface area contributed by atoms with Crippen LogP contribution in [0.3, 0.4) is 0 Å². The third-order valence-corrected chi connectivity index (χ3v) is 5.81. The van der Waals surface area contributed by atoms with Crippen molar-refractivity contribution in [3.05, 3.63) is 105 Å². The van der Waals surface area contributed by atoms with Crippen molar-refractivity contribution in [1.29, 1.82) is 0 Å². The maximum absolute atomic E-state index is 13.3. The molecular formula is C24H19ClN2O5. The van der Waals surface area contributed by atoms with Crippen LogP contribution in [0.15, 0.2) is 72.8 Å². The zero-order valence-electron chi connectivity index (χ0n) is 16.9. The molecule has 8 heteroatoms. The number of rotatable bonds is 7. The summed E-state index contributed by atoms with van der Waals surface area (Å²) < 4.78 is 0. The van der Waals surface area contributed by atoms with Crippen LogP contribution >= 0.6 is 11.6 Å². The van der Waals surface area contributed by atoms with Crippen LogP contribution in [0.5, 0.6) is 0 Å². The van der Waals surface area contributed by atoms with Gasteiger partial charge in [-0.15, -0.1) is 0 Å². The Morgan fingerprint density at radius 2 is 1.75 bits per heavy atom. The number of anilines is 1. The lowest BCUT2D eigenvalue weighted by Gasteiger charge is -2.23. The van der Waals surface area contributed by atoms with Gasteiger partial charge in [-0.2, -0.15) is 0 Å². The minimum absolute atomic E-state index is 0.151. The van der Waals surface area contributed by atoms with Crippen molar-refractivity contribution in [3.8, 4) is 0 Å². The Morgan fingerprint density at radius 3 is 2.41 bits per heavy atom. The second kappa shape index (κ2) is 8.53. The second-order valence-corrected chi connectivity index (χ2v) is 8.05. The zero-order valence-corrected chi connectivity index (χ0v) is 17.7. The molecule has 1 unspecified atom stereocenters. The number of halogens is 1. The van der Waals surface area contributed by atoms with Crippen molar-refractivity contribution in [2.75, 3.05) is 11.4 Å².